The third kappa shape index (κ3) is 2.56. The van der Waals surface area contributed by atoms with Gasteiger partial charge in [0.05, 0.1) is 0 Å². The molecule has 3 rings (SSSR count). The number of hydrogen-bond acceptors (Lipinski definition) is 5. The predicted octanol–water partition coefficient (Wildman–Crippen LogP) is 0.851. The minimum absolute atomic E-state index is 0.0594. The third-order valence-corrected chi connectivity index (χ3v) is 4.28. The summed E-state index contributed by atoms with van der Waals surface area (Å²) in [6, 6.07) is 4.57. The smallest absolute Gasteiger partial charge is 0.188 e. The summed E-state index contributed by atoms with van der Waals surface area (Å²) in [6.07, 6.45) is 5.50. The van der Waals surface area contributed by atoms with Crippen molar-refractivity contribution < 1.29 is 5.21 Å². The summed E-state index contributed by atoms with van der Waals surface area (Å²) in [6.45, 7) is 4.54. The summed E-state index contributed by atoms with van der Waals surface area (Å²) < 4.78 is 0. The first-order chi connectivity index (χ1) is 9.78. The first kappa shape index (κ1) is 13.2. The summed E-state index contributed by atoms with van der Waals surface area (Å²) in [5, 5.41) is 11.8. The first-order valence-corrected chi connectivity index (χ1v) is 7.21. The average molecular weight is 275 g/mol. The Balaban J connectivity index is 1.81. The number of hydrogen-bond donors (Lipinski definition) is 2. The molecular weight excluding hydrogens is 254 g/mol. The van der Waals surface area contributed by atoms with Crippen LogP contribution in [0.1, 0.15) is 25.0 Å². The highest BCUT2D eigenvalue weighted by atomic mass is 16.4. The maximum Gasteiger partial charge on any atom is 0.188 e. The van der Waals surface area contributed by atoms with Gasteiger partial charge in [-0.1, -0.05) is 5.16 Å². The van der Waals surface area contributed by atoms with Gasteiger partial charge in [-0.05, 0) is 37.9 Å². The average Bonchev–Trinajstić information content (AvgIpc) is 2.83. The summed E-state index contributed by atoms with van der Waals surface area (Å²) in [7, 11) is 0. The Morgan fingerprint density at radius 2 is 2.20 bits per heavy atom. The highest BCUT2D eigenvalue weighted by molar-refractivity contribution is 5.95. The first-order valence-electron chi connectivity index (χ1n) is 7.21. The highest BCUT2D eigenvalue weighted by Crippen LogP contribution is 2.25. The minimum Gasteiger partial charge on any atom is -0.409 e. The quantitative estimate of drug-likeness (QED) is 0.362. The second-order valence-electron chi connectivity index (χ2n) is 5.52. The Morgan fingerprint density at radius 3 is 3.05 bits per heavy atom. The second kappa shape index (κ2) is 5.66. The SMILES string of the molecule is NC(=NO)c1cc(N2CCCN3CCCC3C2)ccn1. The standard InChI is InChI=1S/C14H21N5O/c15-14(17-20)13-9-11(4-5-16-13)19-8-2-7-18-6-1-3-12(18)10-19/h4-5,9,12,20H,1-3,6-8,10H2,(H2,15,17). The Hall–Kier alpha value is -1.82. The molecule has 0 saturated carbocycles. The molecule has 0 amide bonds. The molecule has 1 aromatic heterocycles. The second-order valence-corrected chi connectivity index (χ2v) is 5.52. The van der Waals surface area contributed by atoms with Gasteiger partial charge in [0.2, 0.25) is 0 Å². The van der Waals surface area contributed by atoms with Crippen LogP contribution in [-0.2, 0) is 0 Å². The molecule has 2 fully saturated rings. The van der Waals surface area contributed by atoms with Crippen molar-refractivity contribution in [2.24, 2.45) is 10.9 Å². The summed E-state index contributed by atoms with van der Waals surface area (Å²) in [5.41, 5.74) is 7.25. The Morgan fingerprint density at radius 1 is 1.35 bits per heavy atom. The number of nitrogens with two attached hydrogens (primary N) is 1. The molecule has 6 nitrogen and oxygen atoms in total. The molecule has 0 aliphatic carbocycles. The van der Waals surface area contributed by atoms with Gasteiger partial charge in [0, 0.05) is 37.6 Å². The number of aromatic nitrogens is 1. The molecule has 0 spiro atoms. The molecule has 6 heteroatoms. The van der Waals surface area contributed by atoms with E-state index >= 15 is 0 Å². The molecule has 0 bridgehead atoms. The van der Waals surface area contributed by atoms with Gasteiger partial charge in [0.15, 0.2) is 5.84 Å². The summed E-state index contributed by atoms with van der Waals surface area (Å²) >= 11 is 0. The number of fused-ring (bicyclic) bond motifs is 1. The topological polar surface area (TPSA) is 78.0 Å². The van der Waals surface area contributed by atoms with Crippen LogP contribution in [0.2, 0.25) is 0 Å². The number of nitrogens with zero attached hydrogens (tertiary/aromatic N) is 4. The van der Waals surface area contributed by atoms with Gasteiger partial charge in [-0.2, -0.15) is 0 Å². The van der Waals surface area contributed by atoms with E-state index < -0.39 is 0 Å². The molecule has 3 N–H and O–H groups in total. The lowest BCUT2D eigenvalue weighted by Gasteiger charge is -2.27. The minimum atomic E-state index is 0.0594. The maximum absolute atomic E-state index is 8.76. The molecular formula is C14H21N5O. The zero-order chi connectivity index (χ0) is 13.9. The summed E-state index contributed by atoms with van der Waals surface area (Å²) in [4.78, 5) is 9.14. The van der Waals surface area contributed by atoms with Crippen LogP contribution in [-0.4, -0.2) is 53.1 Å². The van der Waals surface area contributed by atoms with E-state index in [9.17, 15) is 0 Å². The normalized spacial score (nSPS) is 24.5. The van der Waals surface area contributed by atoms with Gasteiger partial charge in [-0.25, -0.2) is 0 Å². The number of anilines is 1. The zero-order valence-electron chi connectivity index (χ0n) is 11.6. The van der Waals surface area contributed by atoms with E-state index in [2.05, 4.69) is 19.9 Å². The molecule has 0 aromatic carbocycles. The number of rotatable bonds is 2. The van der Waals surface area contributed by atoms with Crippen LogP contribution in [0.5, 0.6) is 0 Å². The van der Waals surface area contributed by atoms with Crippen LogP contribution in [0.3, 0.4) is 0 Å². The van der Waals surface area contributed by atoms with Crippen molar-refractivity contribution in [3.8, 4) is 0 Å². The van der Waals surface area contributed by atoms with Crippen molar-refractivity contribution in [1.29, 1.82) is 0 Å². The van der Waals surface area contributed by atoms with Crippen molar-refractivity contribution >= 4 is 11.5 Å². The van der Waals surface area contributed by atoms with Crippen molar-refractivity contribution in [3.63, 3.8) is 0 Å². The molecule has 1 unspecified atom stereocenters. The monoisotopic (exact) mass is 275 g/mol. The Labute approximate surface area is 118 Å². The number of amidine groups is 1. The third-order valence-electron chi connectivity index (χ3n) is 4.28. The molecule has 3 heterocycles. The lowest BCUT2D eigenvalue weighted by atomic mass is 10.2. The molecule has 2 aliphatic rings. The molecule has 108 valence electrons. The van der Waals surface area contributed by atoms with Crippen molar-refractivity contribution in [2.75, 3.05) is 31.1 Å². The fourth-order valence-electron chi connectivity index (χ4n) is 3.25. The molecule has 0 radical (unpaired) electrons. The predicted molar refractivity (Wildman–Crippen MR) is 78.2 cm³/mol. The summed E-state index contributed by atoms with van der Waals surface area (Å²) in [5.74, 6) is 0.0594. The van der Waals surface area contributed by atoms with Crippen LogP contribution in [0.15, 0.2) is 23.5 Å². The molecule has 1 aromatic rings. The van der Waals surface area contributed by atoms with E-state index in [0.29, 0.717) is 11.7 Å². The van der Waals surface area contributed by atoms with Gasteiger partial charge in [-0.15, -0.1) is 0 Å². The van der Waals surface area contributed by atoms with E-state index in [4.69, 9.17) is 10.9 Å². The fourth-order valence-corrected chi connectivity index (χ4v) is 3.25. The number of oxime groups is 1. The van der Waals surface area contributed by atoms with Gasteiger partial charge in [0.25, 0.3) is 0 Å². The molecule has 20 heavy (non-hydrogen) atoms. The van der Waals surface area contributed by atoms with Crippen molar-refractivity contribution in [2.45, 2.75) is 25.3 Å². The van der Waals surface area contributed by atoms with E-state index in [1.54, 1.807) is 6.20 Å². The van der Waals surface area contributed by atoms with E-state index in [0.717, 1.165) is 18.8 Å². The zero-order valence-corrected chi connectivity index (χ0v) is 11.6. The number of pyridine rings is 1. The lowest BCUT2D eigenvalue weighted by molar-refractivity contribution is 0.273. The Kier molecular flexibility index (Phi) is 3.73. The van der Waals surface area contributed by atoms with Gasteiger partial charge in [0.1, 0.15) is 5.69 Å². The van der Waals surface area contributed by atoms with Crippen LogP contribution < -0.4 is 10.6 Å². The molecule has 2 saturated heterocycles. The van der Waals surface area contributed by atoms with Crippen molar-refractivity contribution in [3.05, 3.63) is 24.0 Å². The van der Waals surface area contributed by atoms with Crippen LogP contribution >= 0.6 is 0 Å². The maximum atomic E-state index is 8.76. The van der Waals surface area contributed by atoms with Crippen LogP contribution in [0.4, 0.5) is 5.69 Å². The van der Waals surface area contributed by atoms with Gasteiger partial charge < -0.3 is 15.8 Å². The highest BCUT2D eigenvalue weighted by Gasteiger charge is 2.28. The van der Waals surface area contributed by atoms with Gasteiger partial charge in [-0.3, -0.25) is 9.88 Å². The Bertz CT molecular complexity index is 504. The van der Waals surface area contributed by atoms with E-state index in [-0.39, 0.29) is 5.84 Å². The van der Waals surface area contributed by atoms with Gasteiger partial charge >= 0.3 is 0 Å². The fraction of sp³-hybridized carbons (Fsp3) is 0.571. The lowest BCUT2D eigenvalue weighted by Crippen LogP contribution is -2.36. The van der Waals surface area contributed by atoms with Crippen molar-refractivity contribution in [1.82, 2.24) is 9.88 Å². The van der Waals surface area contributed by atoms with Crippen LogP contribution in [0.25, 0.3) is 0 Å². The van der Waals surface area contributed by atoms with Crippen LogP contribution in [0, 0.1) is 0 Å². The molecule has 2 aliphatic heterocycles. The van der Waals surface area contributed by atoms with E-state index in [1.165, 1.54) is 32.4 Å². The largest absolute Gasteiger partial charge is 0.409 e. The van der Waals surface area contributed by atoms with E-state index in [1.807, 2.05) is 12.1 Å². The molecule has 1 atom stereocenters.